The number of benzene rings is 1. The van der Waals surface area contributed by atoms with Gasteiger partial charge in [0.15, 0.2) is 0 Å². The van der Waals surface area contributed by atoms with Crippen molar-refractivity contribution in [3.05, 3.63) is 63.1 Å². The highest BCUT2D eigenvalue weighted by Crippen LogP contribution is 2.27. The standard InChI is InChI=1S/C15H10Cl2N2O/c1-19-13-7-14(17)18-8-9(13)6-11(15(19)20)10-4-2-3-5-12(10)16/h2-8H,1H3. The molecular weight excluding hydrogens is 295 g/mol. The Bertz CT molecular complexity index is 871. The molecule has 0 spiro atoms. The molecule has 2 aromatic heterocycles. The molecule has 0 aliphatic carbocycles. The molecular formula is C15H10Cl2N2O. The summed E-state index contributed by atoms with van der Waals surface area (Å²) in [6.07, 6.45) is 1.65. The minimum atomic E-state index is -0.118. The van der Waals surface area contributed by atoms with Crippen molar-refractivity contribution < 1.29 is 0 Å². The van der Waals surface area contributed by atoms with Gasteiger partial charge in [-0.2, -0.15) is 0 Å². The number of hydrogen-bond acceptors (Lipinski definition) is 2. The summed E-state index contributed by atoms with van der Waals surface area (Å²) < 4.78 is 1.56. The maximum atomic E-state index is 12.5. The van der Waals surface area contributed by atoms with E-state index in [2.05, 4.69) is 4.98 Å². The Kier molecular flexibility index (Phi) is 3.24. The summed E-state index contributed by atoms with van der Waals surface area (Å²) in [5.41, 5.74) is 1.89. The molecule has 0 atom stereocenters. The molecule has 2 heterocycles. The Hall–Kier alpha value is -1.84. The summed E-state index contributed by atoms with van der Waals surface area (Å²) in [7, 11) is 1.71. The Labute approximate surface area is 125 Å². The van der Waals surface area contributed by atoms with Gasteiger partial charge in [-0.05, 0) is 18.2 Å². The number of rotatable bonds is 1. The third-order valence-corrected chi connectivity index (χ3v) is 3.78. The van der Waals surface area contributed by atoms with Gasteiger partial charge in [0.2, 0.25) is 0 Å². The van der Waals surface area contributed by atoms with E-state index in [0.29, 0.717) is 21.3 Å². The van der Waals surface area contributed by atoms with Crippen LogP contribution in [-0.4, -0.2) is 9.55 Å². The summed E-state index contributed by atoms with van der Waals surface area (Å²) in [5, 5.41) is 1.75. The maximum Gasteiger partial charge on any atom is 0.258 e. The molecule has 0 unspecified atom stereocenters. The first-order chi connectivity index (χ1) is 9.58. The van der Waals surface area contributed by atoms with Crippen LogP contribution in [0.1, 0.15) is 0 Å². The molecule has 5 heteroatoms. The lowest BCUT2D eigenvalue weighted by molar-refractivity contribution is 0.907. The van der Waals surface area contributed by atoms with Gasteiger partial charge in [0.05, 0.1) is 5.52 Å². The third kappa shape index (κ3) is 2.09. The average molecular weight is 305 g/mol. The predicted octanol–water partition coefficient (Wildman–Crippen LogP) is 3.91. The number of pyridine rings is 2. The van der Waals surface area contributed by atoms with E-state index in [0.717, 1.165) is 10.9 Å². The van der Waals surface area contributed by atoms with Gasteiger partial charge in [0, 0.05) is 34.8 Å². The van der Waals surface area contributed by atoms with Crippen molar-refractivity contribution in [3.63, 3.8) is 0 Å². The van der Waals surface area contributed by atoms with Crippen LogP contribution in [0.15, 0.2) is 47.4 Å². The molecule has 3 rings (SSSR count). The zero-order valence-corrected chi connectivity index (χ0v) is 12.1. The summed E-state index contributed by atoms with van der Waals surface area (Å²) in [6.45, 7) is 0. The van der Waals surface area contributed by atoms with Gasteiger partial charge in [0.1, 0.15) is 5.15 Å². The van der Waals surface area contributed by atoms with Crippen molar-refractivity contribution in [1.29, 1.82) is 0 Å². The molecule has 0 aliphatic rings. The van der Waals surface area contributed by atoms with E-state index in [4.69, 9.17) is 23.2 Å². The highest BCUT2D eigenvalue weighted by atomic mass is 35.5. The Morgan fingerprint density at radius 2 is 1.85 bits per heavy atom. The number of aryl methyl sites for hydroxylation is 1. The van der Waals surface area contributed by atoms with Crippen molar-refractivity contribution in [2.24, 2.45) is 7.05 Å². The fraction of sp³-hybridized carbons (Fsp3) is 0.0667. The van der Waals surface area contributed by atoms with Crippen LogP contribution < -0.4 is 5.56 Å². The maximum absolute atomic E-state index is 12.5. The smallest absolute Gasteiger partial charge is 0.258 e. The van der Waals surface area contributed by atoms with Crippen LogP contribution >= 0.6 is 23.2 Å². The van der Waals surface area contributed by atoms with Crippen LogP contribution in [0, 0.1) is 0 Å². The highest BCUT2D eigenvalue weighted by molar-refractivity contribution is 6.33. The number of aromatic nitrogens is 2. The Balaban J connectivity index is 2.39. The molecule has 0 saturated carbocycles. The highest BCUT2D eigenvalue weighted by Gasteiger charge is 2.11. The van der Waals surface area contributed by atoms with Crippen molar-refractivity contribution in [3.8, 4) is 11.1 Å². The number of fused-ring (bicyclic) bond motifs is 1. The van der Waals surface area contributed by atoms with Crippen LogP contribution in [0.25, 0.3) is 22.0 Å². The van der Waals surface area contributed by atoms with Gasteiger partial charge >= 0.3 is 0 Å². The summed E-state index contributed by atoms with van der Waals surface area (Å²) in [5.74, 6) is 0. The van der Waals surface area contributed by atoms with Gasteiger partial charge in [-0.15, -0.1) is 0 Å². The van der Waals surface area contributed by atoms with Crippen LogP contribution in [0.4, 0.5) is 0 Å². The van der Waals surface area contributed by atoms with E-state index >= 15 is 0 Å². The van der Waals surface area contributed by atoms with E-state index in [1.54, 1.807) is 36.0 Å². The quantitative estimate of drug-likeness (QED) is 0.639. The zero-order chi connectivity index (χ0) is 14.3. The predicted molar refractivity (Wildman–Crippen MR) is 82.4 cm³/mol. The third-order valence-electron chi connectivity index (χ3n) is 3.24. The van der Waals surface area contributed by atoms with E-state index in [1.165, 1.54) is 0 Å². The molecule has 0 saturated heterocycles. The van der Waals surface area contributed by atoms with Crippen molar-refractivity contribution in [1.82, 2.24) is 9.55 Å². The van der Waals surface area contributed by atoms with Crippen LogP contribution in [-0.2, 0) is 7.05 Å². The molecule has 3 aromatic rings. The first-order valence-corrected chi connectivity index (χ1v) is 6.73. The van der Waals surface area contributed by atoms with E-state index in [1.807, 2.05) is 18.2 Å². The lowest BCUT2D eigenvalue weighted by Crippen LogP contribution is -2.19. The van der Waals surface area contributed by atoms with Gasteiger partial charge < -0.3 is 4.57 Å². The van der Waals surface area contributed by atoms with E-state index in [9.17, 15) is 4.79 Å². The lowest BCUT2D eigenvalue weighted by Gasteiger charge is -2.10. The molecule has 0 fully saturated rings. The number of hydrogen-bond donors (Lipinski definition) is 0. The second-order valence-corrected chi connectivity index (χ2v) is 5.26. The average Bonchev–Trinajstić information content (AvgIpc) is 2.44. The normalized spacial score (nSPS) is 10.9. The van der Waals surface area contributed by atoms with Gasteiger partial charge in [-0.3, -0.25) is 4.79 Å². The first-order valence-electron chi connectivity index (χ1n) is 5.98. The largest absolute Gasteiger partial charge is 0.311 e. The minimum Gasteiger partial charge on any atom is -0.311 e. The summed E-state index contributed by atoms with van der Waals surface area (Å²) in [4.78, 5) is 16.5. The molecule has 1 aromatic carbocycles. The van der Waals surface area contributed by atoms with Crippen LogP contribution in [0.2, 0.25) is 10.2 Å². The van der Waals surface area contributed by atoms with Crippen LogP contribution in [0.5, 0.6) is 0 Å². The molecule has 0 amide bonds. The lowest BCUT2D eigenvalue weighted by atomic mass is 10.1. The molecule has 0 aliphatic heterocycles. The van der Waals surface area contributed by atoms with E-state index in [-0.39, 0.29) is 5.56 Å². The minimum absolute atomic E-state index is 0.118. The molecule has 100 valence electrons. The molecule has 20 heavy (non-hydrogen) atoms. The molecule has 0 bridgehead atoms. The molecule has 0 radical (unpaired) electrons. The monoisotopic (exact) mass is 304 g/mol. The Morgan fingerprint density at radius 3 is 2.60 bits per heavy atom. The first kappa shape index (κ1) is 13.2. The van der Waals surface area contributed by atoms with Crippen molar-refractivity contribution in [2.45, 2.75) is 0 Å². The van der Waals surface area contributed by atoms with Crippen LogP contribution in [0.3, 0.4) is 0 Å². The van der Waals surface area contributed by atoms with Gasteiger partial charge in [0.25, 0.3) is 5.56 Å². The fourth-order valence-corrected chi connectivity index (χ4v) is 2.60. The van der Waals surface area contributed by atoms with Crippen molar-refractivity contribution >= 4 is 34.1 Å². The topological polar surface area (TPSA) is 34.9 Å². The molecule has 0 N–H and O–H groups in total. The number of halogens is 2. The van der Waals surface area contributed by atoms with Gasteiger partial charge in [-0.1, -0.05) is 41.4 Å². The Morgan fingerprint density at radius 1 is 1.10 bits per heavy atom. The summed E-state index contributed by atoms with van der Waals surface area (Å²) in [6, 6.07) is 10.7. The number of nitrogens with zero attached hydrogens (tertiary/aromatic N) is 2. The zero-order valence-electron chi connectivity index (χ0n) is 10.6. The van der Waals surface area contributed by atoms with Gasteiger partial charge in [-0.25, -0.2) is 4.98 Å². The SMILES string of the molecule is Cn1c(=O)c(-c2ccccc2Cl)cc2cnc(Cl)cc21. The second kappa shape index (κ2) is 4.93. The summed E-state index contributed by atoms with van der Waals surface area (Å²) >= 11 is 12.1. The van der Waals surface area contributed by atoms with E-state index < -0.39 is 0 Å². The molecule has 3 nitrogen and oxygen atoms in total. The van der Waals surface area contributed by atoms with Crippen molar-refractivity contribution in [2.75, 3.05) is 0 Å². The fourth-order valence-electron chi connectivity index (χ4n) is 2.21. The second-order valence-electron chi connectivity index (χ2n) is 4.47.